The molecular formula is C27H19ClN2O3. The van der Waals surface area contributed by atoms with E-state index in [1.54, 1.807) is 19.2 Å². The van der Waals surface area contributed by atoms with E-state index in [4.69, 9.17) is 25.7 Å². The molecule has 0 aliphatic heterocycles. The molecular weight excluding hydrogens is 436 g/mol. The molecule has 0 radical (unpaired) electrons. The molecule has 0 atom stereocenters. The first kappa shape index (κ1) is 20.8. The maximum absolute atomic E-state index is 13.3. The van der Waals surface area contributed by atoms with E-state index in [2.05, 4.69) is 5.32 Å². The molecule has 0 saturated heterocycles. The molecule has 1 amide bonds. The summed E-state index contributed by atoms with van der Waals surface area (Å²) in [5.41, 5.74) is 3.18. The largest absolute Gasteiger partial charge is 0.497 e. The summed E-state index contributed by atoms with van der Waals surface area (Å²) < 4.78 is 11.3. The molecule has 0 spiro atoms. The number of hydrogen-bond donors (Lipinski definition) is 1. The molecule has 0 aliphatic rings. The lowest BCUT2D eigenvalue weighted by molar-refractivity contribution is 0.102. The molecule has 162 valence electrons. The number of benzene rings is 3. The third-order valence-electron chi connectivity index (χ3n) is 5.29. The number of hydrogen-bond acceptors (Lipinski definition) is 4. The molecule has 2 heterocycles. The van der Waals surface area contributed by atoms with E-state index in [0.717, 1.165) is 10.9 Å². The van der Waals surface area contributed by atoms with Gasteiger partial charge in [-0.15, -0.1) is 0 Å². The minimum absolute atomic E-state index is 0.249. The van der Waals surface area contributed by atoms with Gasteiger partial charge in [0.1, 0.15) is 17.2 Å². The van der Waals surface area contributed by atoms with Gasteiger partial charge in [0.25, 0.3) is 5.91 Å². The number of methoxy groups -OCH3 is 1. The quantitative estimate of drug-likeness (QED) is 0.308. The van der Waals surface area contributed by atoms with Gasteiger partial charge in [0, 0.05) is 22.7 Å². The van der Waals surface area contributed by atoms with Gasteiger partial charge in [-0.3, -0.25) is 4.79 Å². The van der Waals surface area contributed by atoms with Crippen molar-refractivity contribution in [3.63, 3.8) is 0 Å². The standard InChI is InChI=1S/C27H19ClN2O3/c1-32-18-8-6-7-17(15-18)29-27(31)21-16-24(30-23-12-5-3-9-19(21)23)26-14-13-25(33-26)20-10-2-4-11-22(20)28/h2-16H,1H3,(H,29,31). The van der Waals surface area contributed by atoms with Crippen LogP contribution in [0.2, 0.25) is 5.02 Å². The number of amides is 1. The third kappa shape index (κ3) is 4.19. The predicted molar refractivity (Wildman–Crippen MR) is 131 cm³/mol. The Labute approximate surface area is 195 Å². The predicted octanol–water partition coefficient (Wildman–Crippen LogP) is 7.08. The Morgan fingerprint density at radius 1 is 0.909 bits per heavy atom. The maximum Gasteiger partial charge on any atom is 0.256 e. The van der Waals surface area contributed by atoms with Crippen LogP contribution in [-0.2, 0) is 0 Å². The number of nitrogens with zero attached hydrogens (tertiary/aromatic N) is 1. The number of ether oxygens (including phenoxy) is 1. The maximum atomic E-state index is 13.3. The van der Waals surface area contributed by atoms with E-state index >= 15 is 0 Å². The molecule has 0 aliphatic carbocycles. The van der Waals surface area contributed by atoms with E-state index in [1.165, 1.54) is 0 Å². The van der Waals surface area contributed by atoms with Gasteiger partial charge in [0.2, 0.25) is 0 Å². The van der Waals surface area contributed by atoms with Crippen molar-refractivity contribution in [2.24, 2.45) is 0 Å². The highest BCUT2D eigenvalue weighted by atomic mass is 35.5. The number of rotatable bonds is 5. The lowest BCUT2D eigenvalue weighted by atomic mass is 10.1. The lowest BCUT2D eigenvalue weighted by Crippen LogP contribution is -2.13. The van der Waals surface area contributed by atoms with Crippen molar-refractivity contribution in [2.75, 3.05) is 12.4 Å². The summed E-state index contributed by atoms with van der Waals surface area (Å²) in [6.45, 7) is 0. The average Bonchev–Trinajstić information content (AvgIpc) is 3.34. The minimum Gasteiger partial charge on any atom is -0.497 e. The van der Waals surface area contributed by atoms with Crippen molar-refractivity contribution in [2.45, 2.75) is 0 Å². The molecule has 2 aromatic heterocycles. The molecule has 0 saturated carbocycles. The number of furan rings is 1. The Balaban J connectivity index is 1.55. The molecule has 6 heteroatoms. The fourth-order valence-corrected chi connectivity index (χ4v) is 3.90. The van der Waals surface area contributed by atoms with Gasteiger partial charge >= 0.3 is 0 Å². The first-order valence-electron chi connectivity index (χ1n) is 10.3. The number of halogens is 1. The Morgan fingerprint density at radius 2 is 1.70 bits per heavy atom. The highest BCUT2D eigenvalue weighted by Gasteiger charge is 2.17. The van der Waals surface area contributed by atoms with E-state index in [0.29, 0.717) is 44.8 Å². The number of carbonyl (C=O) groups excluding carboxylic acids is 1. The number of fused-ring (bicyclic) bond motifs is 1. The van der Waals surface area contributed by atoms with Crippen LogP contribution in [0.5, 0.6) is 5.75 Å². The van der Waals surface area contributed by atoms with Gasteiger partial charge in [0.15, 0.2) is 5.76 Å². The van der Waals surface area contributed by atoms with E-state index in [-0.39, 0.29) is 5.91 Å². The zero-order valence-corrected chi connectivity index (χ0v) is 18.5. The summed E-state index contributed by atoms with van der Waals surface area (Å²) in [6.07, 6.45) is 0. The SMILES string of the molecule is COc1cccc(NC(=O)c2cc(-c3ccc(-c4ccccc4Cl)o3)nc3ccccc23)c1. The van der Waals surface area contributed by atoms with Gasteiger partial charge < -0.3 is 14.5 Å². The molecule has 0 fully saturated rings. The lowest BCUT2D eigenvalue weighted by Gasteiger charge is -2.10. The Hall–Kier alpha value is -4.09. The van der Waals surface area contributed by atoms with Gasteiger partial charge in [-0.05, 0) is 48.5 Å². The van der Waals surface area contributed by atoms with Crippen molar-refractivity contribution in [1.29, 1.82) is 0 Å². The Morgan fingerprint density at radius 3 is 2.55 bits per heavy atom. The summed E-state index contributed by atoms with van der Waals surface area (Å²) in [4.78, 5) is 18.0. The van der Waals surface area contributed by atoms with E-state index in [9.17, 15) is 4.79 Å². The molecule has 5 nitrogen and oxygen atoms in total. The van der Waals surface area contributed by atoms with E-state index in [1.807, 2.05) is 78.9 Å². The number of carbonyl (C=O) groups is 1. The average molecular weight is 455 g/mol. The van der Waals surface area contributed by atoms with Crippen LogP contribution in [0.3, 0.4) is 0 Å². The third-order valence-corrected chi connectivity index (χ3v) is 5.62. The van der Waals surface area contributed by atoms with Crippen LogP contribution >= 0.6 is 11.6 Å². The summed E-state index contributed by atoms with van der Waals surface area (Å²) >= 11 is 6.32. The summed E-state index contributed by atoms with van der Waals surface area (Å²) in [5.74, 6) is 1.59. The highest BCUT2D eigenvalue weighted by Crippen LogP contribution is 2.33. The van der Waals surface area contributed by atoms with Crippen molar-refractivity contribution in [1.82, 2.24) is 4.98 Å². The van der Waals surface area contributed by atoms with Gasteiger partial charge in [-0.25, -0.2) is 4.98 Å². The van der Waals surface area contributed by atoms with Crippen LogP contribution in [-0.4, -0.2) is 18.0 Å². The van der Waals surface area contributed by atoms with Crippen LogP contribution in [0.1, 0.15) is 10.4 Å². The Bertz CT molecular complexity index is 1480. The highest BCUT2D eigenvalue weighted by molar-refractivity contribution is 6.33. The monoisotopic (exact) mass is 454 g/mol. The summed E-state index contributed by atoms with van der Waals surface area (Å²) in [6, 6.07) is 27.7. The van der Waals surface area contributed by atoms with Gasteiger partial charge in [-0.1, -0.05) is 48.0 Å². The zero-order valence-electron chi connectivity index (χ0n) is 17.7. The second-order valence-corrected chi connectivity index (χ2v) is 7.81. The van der Waals surface area contributed by atoms with Crippen LogP contribution < -0.4 is 10.1 Å². The molecule has 0 unspecified atom stereocenters. The van der Waals surface area contributed by atoms with Gasteiger partial charge in [-0.2, -0.15) is 0 Å². The van der Waals surface area contributed by atoms with Crippen molar-refractivity contribution < 1.29 is 13.9 Å². The molecule has 1 N–H and O–H groups in total. The topological polar surface area (TPSA) is 64.4 Å². The zero-order chi connectivity index (χ0) is 22.8. The van der Waals surface area contributed by atoms with Crippen molar-refractivity contribution >= 4 is 34.1 Å². The van der Waals surface area contributed by atoms with Gasteiger partial charge in [0.05, 0.1) is 23.2 Å². The van der Waals surface area contributed by atoms with Crippen molar-refractivity contribution in [3.8, 4) is 28.5 Å². The van der Waals surface area contributed by atoms with Crippen LogP contribution in [0, 0.1) is 0 Å². The second kappa shape index (κ2) is 8.81. The van der Waals surface area contributed by atoms with Crippen LogP contribution in [0.4, 0.5) is 5.69 Å². The number of anilines is 1. The molecule has 0 bridgehead atoms. The number of aromatic nitrogens is 1. The normalized spacial score (nSPS) is 10.8. The van der Waals surface area contributed by atoms with Crippen molar-refractivity contribution in [3.05, 3.63) is 102 Å². The van der Waals surface area contributed by atoms with Crippen LogP contribution in [0.25, 0.3) is 33.7 Å². The number of para-hydroxylation sites is 1. The number of pyridine rings is 1. The number of nitrogens with one attached hydrogen (secondary N) is 1. The Kier molecular flexibility index (Phi) is 5.55. The second-order valence-electron chi connectivity index (χ2n) is 7.40. The molecule has 3 aromatic carbocycles. The first-order valence-corrected chi connectivity index (χ1v) is 10.7. The molecule has 5 rings (SSSR count). The smallest absolute Gasteiger partial charge is 0.256 e. The fraction of sp³-hybridized carbons (Fsp3) is 0.0370. The summed E-state index contributed by atoms with van der Waals surface area (Å²) in [5, 5.41) is 4.30. The summed E-state index contributed by atoms with van der Waals surface area (Å²) in [7, 11) is 1.59. The first-order chi connectivity index (χ1) is 16.1. The minimum atomic E-state index is -0.249. The molecule has 5 aromatic rings. The molecule has 33 heavy (non-hydrogen) atoms. The fourth-order valence-electron chi connectivity index (χ4n) is 3.67. The van der Waals surface area contributed by atoms with E-state index < -0.39 is 0 Å². The van der Waals surface area contributed by atoms with Crippen LogP contribution in [0.15, 0.2) is 95.4 Å².